The van der Waals surface area contributed by atoms with Crippen molar-refractivity contribution < 1.29 is 19.5 Å². The Morgan fingerprint density at radius 1 is 1.44 bits per heavy atom. The van der Waals surface area contributed by atoms with Crippen LogP contribution in [0.3, 0.4) is 0 Å². The molecule has 0 aromatic carbocycles. The third kappa shape index (κ3) is 5.59. The van der Waals surface area contributed by atoms with Crippen LogP contribution in [0.2, 0.25) is 0 Å². The predicted molar refractivity (Wildman–Crippen MR) is 61.0 cm³/mol. The molecule has 0 spiro atoms. The number of nitrogens with two attached hydrogens (primary N) is 1. The number of carboxylic acids is 1. The molecule has 0 rings (SSSR count). The highest BCUT2D eigenvalue weighted by Crippen LogP contribution is 2.02. The number of carbonyl (C=O) groups excluding carboxylic acids is 2. The number of rotatable bonds is 7. The topological polar surface area (TPSA) is 109 Å². The molecule has 6 nitrogen and oxygen atoms in total. The van der Waals surface area contributed by atoms with Crippen molar-refractivity contribution in [2.75, 3.05) is 5.75 Å². The fraction of sp³-hybridized carbons (Fsp3) is 0.667. The van der Waals surface area contributed by atoms with E-state index in [9.17, 15) is 14.4 Å². The third-order valence-corrected chi connectivity index (χ3v) is 2.56. The highest BCUT2D eigenvalue weighted by molar-refractivity contribution is 7.80. The van der Waals surface area contributed by atoms with Crippen LogP contribution in [0.1, 0.15) is 19.8 Å². The number of primary amides is 1. The third-order valence-electron chi connectivity index (χ3n) is 2.02. The monoisotopic (exact) mass is 248 g/mol. The molecule has 0 saturated carbocycles. The van der Waals surface area contributed by atoms with Gasteiger partial charge in [0.2, 0.25) is 11.8 Å². The Labute approximate surface area is 99.0 Å². The largest absolute Gasteiger partial charge is 0.480 e. The Hall–Kier alpha value is -1.24. The number of carboxylic acid groups (broad SMARTS) is 1. The molecule has 0 saturated heterocycles. The zero-order valence-corrected chi connectivity index (χ0v) is 9.87. The van der Waals surface area contributed by atoms with Gasteiger partial charge in [0.1, 0.15) is 6.04 Å². The van der Waals surface area contributed by atoms with Gasteiger partial charge in [-0.1, -0.05) is 6.92 Å². The second kappa shape index (κ2) is 7.10. The van der Waals surface area contributed by atoms with E-state index in [0.29, 0.717) is 5.75 Å². The van der Waals surface area contributed by atoms with Crippen molar-refractivity contribution in [1.82, 2.24) is 5.32 Å². The molecular weight excluding hydrogens is 232 g/mol. The molecule has 1 unspecified atom stereocenters. The first-order valence-electron chi connectivity index (χ1n) is 4.80. The summed E-state index contributed by atoms with van der Waals surface area (Å²) < 4.78 is 0. The number of thiol groups is 1. The lowest BCUT2D eigenvalue weighted by Gasteiger charge is -2.16. The van der Waals surface area contributed by atoms with E-state index in [1.54, 1.807) is 6.92 Å². The van der Waals surface area contributed by atoms with Gasteiger partial charge < -0.3 is 16.2 Å². The number of nitrogens with one attached hydrogen (secondary N) is 1. The van der Waals surface area contributed by atoms with Crippen molar-refractivity contribution in [2.24, 2.45) is 11.7 Å². The van der Waals surface area contributed by atoms with E-state index >= 15 is 0 Å². The van der Waals surface area contributed by atoms with Gasteiger partial charge in [-0.3, -0.25) is 9.59 Å². The SMILES string of the molecule is CC(CS)C(=O)N[C@@H](CCC(N)=O)C(=O)O. The van der Waals surface area contributed by atoms with Gasteiger partial charge in [-0.25, -0.2) is 4.79 Å². The lowest BCUT2D eigenvalue weighted by atomic mass is 10.1. The summed E-state index contributed by atoms with van der Waals surface area (Å²) in [6.07, 6.45) is -0.0812. The highest BCUT2D eigenvalue weighted by Gasteiger charge is 2.22. The first-order valence-corrected chi connectivity index (χ1v) is 5.44. The van der Waals surface area contributed by atoms with Crippen LogP contribution in [0.5, 0.6) is 0 Å². The molecule has 2 atom stereocenters. The number of hydrogen-bond donors (Lipinski definition) is 4. The Morgan fingerprint density at radius 3 is 2.38 bits per heavy atom. The van der Waals surface area contributed by atoms with Crippen molar-refractivity contribution in [3.05, 3.63) is 0 Å². The molecule has 0 aliphatic carbocycles. The Kier molecular flexibility index (Phi) is 6.55. The van der Waals surface area contributed by atoms with E-state index in [2.05, 4.69) is 17.9 Å². The second-order valence-electron chi connectivity index (χ2n) is 3.49. The zero-order valence-electron chi connectivity index (χ0n) is 8.97. The van der Waals surface area contributed by atoms with Gasteiger partial charge in [0.25, 0.3) is 0 Å². The molecule has 16 heavy (non-hydrogen) atoms. The molecule has 0 fully saturated rings. The maximum atomic E-state index is 11.4. The number of aliphatic carboxylic acids is 1. The maximum Gasteiger partial charge on any atom is 0.326 e. The van der Waals surface area contributed by atoms with Gasteiger partial charge in [-0.2, -0.15) is 12.6 Å². The van der Waals surface area contributed by atoms with Gasteiger partial charge >= 0.3 is 5.97 Å². The summed E-state index contributed by atoms with van der Waals surface area (Å²) in [7, 11) is 0. The summed E-state index contributed by atoms with van der Waals surface area (Å²) in [4.78, 5) is 32.7. The summed E-state index contributed by atoms with van der Waals surface area (Å²) >= 11 is 3.93. The van der Waals surface area contributed by atoms with Crippen LogP contribution in [0.25, 0.3) is 0 Å². The predicted octanol–water partition coefficient (Wildman–Crippen LogP) is -0.613. The highest BCUT2D eigenvalue weighted by atomic mass is 32.1. The van der Waals surface area contributed by atoms with Crippen LogP contribution >= 0.6 is 12.6 Å². The molecule has 0 heterocycles. The normalized spacial score (nSPS) is 13.9. The average molecular weight is 248 g/mol. The van der Waals surface area contributed by atoms with E-state index in [4.69, 9.17) is 10.8 Å². The van der Waals surface area contributed by atoms with Gasteiger partial charge in [0.15, 0.2) is 0 Å². The second-order valence-corrected chi connectivity index (χ2v) is 3.85. The Morgan fingerprint density at radius 2 is 2.00 bits per heavy atom. The summed E-state index contributed by atoms with van der Waals surface area (Å²) in [6, 6.07) is -1.08. The van der Waals surface area contributed by atoms with Crippen molar-refractivity contribution in [2.45, 2.75) is 25.8 Å². The molecule has 0 aromatic heterocycles. The standard InChI is InChI=1S/C9H16N2O4S/c1-5(4-16)8(13)11-6(9(14)15)2-3-7(10)12/h5-6,16H,2-4H2,1H3,(H2,10,12)(H,11,13)(H,14,15)/t5?,6-/m0/s1. The van der Waals surface area contributed by atoms with E-state index < -0.39 is 23.8 Å². The van der Waals surface area contributed by atoms with Crippen LogP contribution in [0.4, 0.5) is 0 Å². The minimum absolute atomic E-state index is 0.00427. The minimum atomic E-state index is -1.18. The van der Waals surface area contributed by atoms with Crippen LogP contribution in [0.15, 0.2) is 0 Å². The number of amides is 2. The number of hydrogen-bond acceptors (Lipinski definition) is 4. The first kappa shape index (κ1) is 14.8. The van der Waals surface area contributed by atoms with Crippen molar-refractivity contribution in [1.29, 1.82) is 0 Å². The summed E-state index contributed by atoms with van der Waals surface area (Å²) in [5, 5.41) is 11.1. The quantitative estimate of drug-likeness (QED) is 0.450. The molecule has 0 radical (unpaired) electrons. The summed E-state index contributed by atoms with van der Waals surface area (Å²) in [5.74, 6) is -2.22. The van der Waals surface area contributed by atoms with Crippen LogP contribution in [0, 0.1) is 5.92 Å². The Balaban J connectivity index is 4.28. The molecule has 0 aromatic rings. The van der Waals surface area contributed by atoms with Gasteiger partial charge in [-0.15, -0.1) is 0 Å². The maximum absolute atomic E-state index is 11.4. The molecular formula is C9H16N2O4S. The average Bonchev–Trinajstić information content (AvgIpc) is 2.21. The molecule has 0 aliphatic heterocycles. The fourth-order valence-corrected chi connectivity index (χ4v) is 1.11. The first-order chi connectivity index (χ1) is 7.38. The van der Waals surface area contributed by atoms with E-state index in [1.807, 2.05) is 0 Å². The number of carbonyl (C=O) groups is 3. The van der Waals surface area contributed by atoms with E-state index in [1.165, 1.54) is 0 Å². The van der Waals surface area contributed by atoms with Gasteiger partial charge in [-0.05, 0) is 6.42 Å². The van der Waals surface area contributed by atoms with Crippen LogP contribution in [-0.2, 0) is 14.4 Å². The molecule has 0 aliphatic rings. The zero-order chi connectivity index (χ0) is 12.7. The summed E-state index contributed by atoms with van der Waals surface area (Å²) in [6.45, 7) is 1.63. The van der Waals surface area contributed by atoms with Crippen LogP contribution < -0.4 is 11.1 Å². The molecule has 7 heteroatoms. The smallest absolute Gasteiger partial charge is 0.326 e. The van der Waals surface area contributed by atoms with E-state index in [-0.39, 0.29) is 18.8 Å². The molecule has 4 N–H and O–H groups in total. The van der Waals surface area contributed by atoms with Crippen molar-refractivity contribution >= 4 is 30.4 Å². The minimum Gasteiger partial charge on any atom is -0.480 e. The lowest BCUT2D eigenvalue weighted by molar-refractivity contribution is -0.142. The van der Waals surface area contributed by atoms with Crippen molar-refractivity contribution in [3.8, 4) is 0 Å². The lowest BCUT2D eigenvalue weighted by Crippen LogP contribution is -2.43. The van der Waals surface area contributed by atoms with E-state index in [0.717, 1.165) is 0 Å². The molecule has 2 amide bonds. The Bertz CT molecular complexity index is 283. The fourth-order valence-electron chi connectivity index (χ4n) is 0.941. The molecule has 92 valence electrons. The van der Waals surface area contributed by atoms with Crippen molar-refractivity contribution in [3.63, 3.8) is 0 Å². The van der Waals surface area contributed by atoms with Gasteiger partial charge in [0, 0.05) is 18.1 Å². The summed E-state index contributed by atoms with van der Waals surface area (Å²) in [5.41, 5.74) is 4.90. The van der Waals surface area contributed by atoms with Crippen LogP contribution in [-0.4, -0.2) is 34.7 Å². The van der Waals surface area contributed by atoms with Gasteiger partial charge in [0.05, 0.1) is 0 Å². The molecule has 0 bridgehead atoms.